The monoisotopic (exact) mass is 362 g/mol. The molecule has 0 aromatic heterocycles. The molecule has 25 heavy (non-hydrogen) atoms. The third-order valence-corrected chi connectivity index (χ3v) is 4.67. The van der Waals surface area contributed by atoms with Gasteiger partial charge in [-0.15, -0.1) is 11.8 Å². The Balaban J connectivity index is 1.75. The Labute approximate surface area is 152 Å². The summed E-state index contributed by atoms with van der Waals surface area (Å²) in [5.41, 5.74) is 0.752. The van der Waals surface area contributed by atoms with E-state index in [2.05, 4.69) is 10.2 Å². The molecule has 0 saturated heterocycles. The van der Waals surface area contributed by atoms with Gasteiger partial charge >= 0.3 is 0 Å². The first kappa shape index (κ1) is 19.3. The van der Waals surface area contributed by atoms with Crippen molar-refractivity contribution in [3.63, 3.8) is 0 Å². The molecule has 0 aliphatic carbocycles. The van der Waals surface area contributed by atoms with Gasteiger partial charge in [0.15, 0.2) is 0 Å². The minimum atomic E-state index is -0.227. The van der Waals surface area contributed by atoms with E-state index in [4.69, 9.17) is 4.74 Å². The smallest absolute Gasteiger partial charge is 0.238 e. The number of rotatable bonds is 9. The van der Waals surface area contributed by atoms with Crippen molar-refractivity contribution in [2.24, 2.45) is 0 Å². The number of amides is 1. The highest BCUT2D eigenvalue weighted by Gasteiger charge is 2.09. The molecule has 2 aromatic rings. The second-order valence-electron chi connectivity index (χ2n) is 5.45. The number of likely N-dealkylation sites (N-methyl/N-ethyl adjacent to an activating group) is 1. The first-order chi connectivity index (χ1) is 12.1. The summed E-state index contributed by atoms with van der Waals surface area (Å²) in [5, 5.41) is 2.89. The largest absolute Gasteiger partial charge is 0.497 e. The molecule has 0 heterocycles. The molecule has 2 rings (SSSR count). The van der Waals surface area contributed by atoms with Crippen LogP contribution in [0.2, 0.25) is 0 Å². The van der Waals surface area contributed by atoms with Crippen molar-refractivity contribution in [2.45, 2.75) is 11.8 Å². The Kier molecular flexibility index (Phi) is 7.76. The van der Waals surface area contributed by atoms with E-state index in [0.29, 0.717) is 6.54 Å². The summed E-state index contributed by atoms with van der Waals surface area (Å²) in [6.07, 6.45) is 0. The first-order valence-electron chi connectivity index (χ1n) is 8.15. The lowest BCUT2D eigenvalue weighted by Gasteiger charge is -2.19. The molecule has 0 unspecified atom stereocenters. The normalized spacial score (nSPS) is 10.7. The highest BCUT2D eigenvalue weighted by atomic mass is 32.2. The number of carbonyl (C=O) groups is 1. The fourth-order valence-corrected chi connectivity index (χ4v) is 3.16. The summed E-state index contributed by atoms with van der Waals surface area (Å²) >= 11 is 1.65. The standard InChI is InChI=1S/C19H23FN2O2S/c1-3-22(12-13-25-18-10-4-15(20)5-11-18)14-19(23)21-16-6-8-17(24-2)9-7-16/h4-11H,3,12-14H2,1-2H3,(H,21,23). The van der Waals surface area contributed by atoms with Crippen LogP contribution in [0.4, 0.5) is 10.1 Å². The Bertz CT molecular complexity index is 662. The van der Waals surface area contributed by atoms with Crippen molar-refractivity contribution in [3.8, 4) is 5.75 Å². The molecule has 1 amide bonds. The van der Waals surface area contributed by atoms with Gasteiger partial charge in [0.2, 0.25) is 5.91 Å². The number of benzene rings is 2. The molecule has 4 nitrogen and oxygen atoms in total. The summed E-state index contributed by atoms with van der Waals surface area (Å²) in [4.78, 5) is 15.3. The minimum Gasteiger partial charge on any atom is -0.497 e. The summed E-state index contributed by atoms with van der Waals surface area (Å²) in [6.45, 7) is 3.95. The molecule has 0 aliphatic rings. The molecule has 2 aromatic carbocycles. The van der Waals surface area contributed by atoms with E-state index in [1.165, 1.54) is 12.1 Å². The molecule has 0 saturated carbocycles. The lowest BCUT2D eigenvalue weighted by molar-refractivity contribution is -0.117. The van der Waals surface area contributed by atoms with Gasteiger partial charge in [0.05, 0.1) is 13.7 Å². The van der Waals surface area contributed by atoms with Crippen LogP contribution in [0.5, 0.6) is 5.75 Å². The summed E-state index contributed by atoms with van der Waals surface area (Å²) < 4.78 is 18.0. The number of hydrogen-bond donors (Lipinski definition) is 1. The third kappa shape index (κ3) is 6.76. The second kappa shape index (κ2) is 10.1. The zero-order chi connectivity index (χ0) is 18.1. The van der Waals surface area contributed by atoms with E-state index < -0.39 is 0 Å². The van der Waals surface area contributed by atoms with Crippen LogP contribution >= 0.6 is 11.8 Å². The average molecular weight is 362 g/mol. The van der Waals surface area contributed by atoms with Crippen molar-refractivity contribution < 1.29 is 13.9 Å². The quantitative estimate of drug-likeness (QED) is 0.687. The number of thioether (sulfide) groups is 1. The van der Waals surface area contributed by atoms with Gasteiger partial charge in [-0.2, -0.15) is 0 Å². The van der Waals surface area contributed by atoms with Crippen LogP contribution in [0.1, 0.15) is 6.92 Å². The van der Waals surface area contributed by atoms with E-state index in [-0.39, 0.29) is 11.7 Å². The van der Waals surface area contributed by atoms with E-state index in [1.54, 1.807) is 31.0 Å². The number of nitrogens with zero attached hydrogens (tertiary/aromatic N) is 1. The number of nitrogens with one attached hydrogen (secondary N) is 1. The molecule has 0 fully saturated rings. The zero-order valence-electron chi connectivity index (χ0n) is 14.5. The molecule has 1 N–H and O–H groups in total. The zero-order valence-corrected chi connectivity index (χ0v) is 15.3. The van der Waals surface area contributed by atoms with Crippen molar-refractivity contribution in [3.05, 3.63) is 54.3 Å². The maximum atomic E-state index is 12.9. The average Bonchev–Trinajstić information content (AvgIpc) is 2.63. The van der Waals surface area contributed by atoms with Crippen LogP contribution in [0.25, 0.3) is 0 Å². The molecule has 0 spiro atoms. The fourth-order valence-electron chi connectivity index (χ4n) is 2.25. The van der Waals surface area contributed by atoms with Crippen molar-refractivity contribution >= 4 is 23.4 Å². The van der Waals surface area contributed by atoms with Crippen molar-refractivity contribution in [1.82, 2.24) is 4.90 Å². The number of methoxy groups -OCH3 is 1. The van der Waals surface area contributed by atoms with E-state index in [9.17, 15) is 9.18 Å². The molecular formula is C19H23FN2O2S. The van der Waals surface area contributed by atoms with Gasteiger partial charge in [0.1, 0.15) is 11.6 Å². The van der Waals surface area contributed by atoms with Gasteiger partial charge < -0.3 is 10.1 Å². The molecular weight excluding hydrogens is 339 g/mol. The number of hydrogen-bond acceptors (Lipinski definition) is 4. The topological polar surface area (TPSA) is 41.6 Å². The van der Waals surface area contributed by atoms with Crippen LogP contribution in [0, 0.1) is 5.82 Å². The summed E-state index contributed by atoms with van der Waals surface area (Å²) in [5.74, 6) is 1.33. The lowest BCUT2D eigenvalue weighted by atomic mass is 10.3. The van der Waals surface area contributed by atoms with Gasteiger partial charge in [0.25, 0.3) is 0 Å². The predicted octanol–water partition coefficient (Wildman–Crippen LogP) is 3.89. The highest BCUT2D eigenvalue weighted by molar-refractivity contribution is 7.99. The molecule has 134 valence electrons. The van der Waals surface area contributed by atoms with E-state index >= 15 is 0 Å². The lowest BCUT2D eigenvalue weighted by Crippen LogP contribution is -2.34. The SMILES string of the molecule is CCN(CCSc1ccc(F)cc1)CC(=O)Nc1ccc(OC)cc1. The van der Waals surface area contributed by atoms with Gasteiger partial charge in [-0.05, 0) is 55.1 Å². The fraction of sp³-hybridized carbons (Fsp3) is 0.316. The Morgan fingerprint density at radius 3 is 2.44 bits per heavy atom. The number of halogens is 1. The molecule has 0 bridgehead atoms. The Hall–Kier alpha value is -2.05. The van der Waals surface area contributed by atoms with Crippen molar-refractivity contribution in [1.29, 1.82) is 0 Å². The van der Waals surface area contributed by atoms with Gasteiger partial charge in [-0.25, -0.2) is 4.39 Å². The first-order valence-corrected chi connectivity index (χ1v) is 9.14. The van der Waals surface area contributed by atoms with Crippen LogP contribution in [-0.4, -0.2) is 43.3 Å². The molecule has 0 radical (unpaired) electrons. The summed E-state index contributed by atoms with van der Waals surface area (Å²) in [6, 6.07) is 13.7. The summed E-state index contributed by atoms with van der Waals surface area (Å²) in [7, 11) is 1.61. The third-order valence-electron chi connectivity index (χ3n) is 3.68. The maximum absolute atomic E-state index is 12.9. The predicted molar refractivity (Wildman–Crippen MR) is 101 cm³/mol. The number of carbonyl (C=O) groups excluding carboxylic acids is 1. The second-order valence-corrected chi connectivity index (χ2v) is 6.62. The molecule has 6 heteroatoms. The number of anilines is 1. The van der Waals surface area contributed by atoms with Crippen LogP contribution in [0.3, 0.4) is 0 Å². The molecule has 0 aliphatic heterocycles. The van der Waals surface area contributed by atoms with Gasteiger partial charge in [-0.1, -0.05) is 6.92 Å². The van der Waals surface area contributed by atoms with Crippen molar-refractivity contribution in [2.75, 3.05) is 37.8 Å². The van der Waals surface area contributed by atoms with Crippen LogP contribution in [-0.2, 0) is 4.79 Å². The molecule has 0 atom stereocenters. The van der Waals surface area contributed by atoms with Crippen LogP contribution in [0.15, 0.2) is 53.4 Å². The van der Waals surface area contributed by atoms with Gasteiger partial charge in [0, 0.05) is 22.9 Å². The Morgan fingerprint density at radius 1 is 1.16 bits per heavy atom. The Morgan fingerprint density at radius 2 is 1.84 bits per heavy atom. The minimum absolute atomic E-state index is 0.0428. The highest BCUT2D eigenvalue weighted by Crippen LogP contribution is 2.18. The van der Waals surface area contributed by atoms with E-state index in [0.717, 1.165) is 35.2 Å². The number of ether oxygens (including phenoxy) is 1. The maximum Gasteiger partial charge on any atom is 0.238 e. The van der Waals surface area contributed by atoms with Gasteiger partial charge in [-0.3, -0.25) is 9.69 Å². The van der Waals surface area contributed by atoms with E-state index in [1.807, 2.05) is 31.2 Å². The van der Waals surface area contributed by atoms with Crippen LogP contribution < -0.4 is 10.1 Å².